The van der Waals surface area contributed by atoms with E-state index in [1.807, 2.05) is 0 Å². The maximum atomic E-state index is 11.0. The number of carbonyl (C=O) groups excluding carboxylic acids is 1. The topological polar surface area (TPSA) is 153 Å². The van der Waals surface area contributed by atoms with Crippen molar-refractivity contribution in [3.63, 3.8) is 0 Å². The molecule has 0 heterocycles. The van der Waals surface area contributed by atoms with Crippen molar-refractivity contribution in [1.29, 1.82) is 0 Å². The van der Waals surface area contributed by atoms with Gasteiger partial charge in [-0.3, -0.25) is 25.0 Å². The second-order valence-electron chi connectivity index (χ2n) is 4.12. The van der Waals surface area contributed by atoms with Gasteiger partial charge < -0.3 is 10.4 Å². The standard InChI is InChI=1S/C11H11N3O7/c1-6(15)12-9(11(16)17)4-7-2-3-8(13(18)19)5-10(7)14(20)21/h2-3,5,9H,4H2,1H3,(H,12,15)(H,16,17). The van der Waals surface area contributed by atoms with E-state index in [-0.39, 0.29) is 12.0 Å². The third-order valence-corrected chi connectivity index (χ3v) is 2.58. The summed E-state index contributed by atoms with van der Waals surface area (Å²) < 4.78 is 0. The Labute approximate surface area is 117 Å². The number of nitrogens with zero attached hydrogens (tertiary/aromatic N) is 2. The highest BCUT2D eigenvalue weighted by Gasteiger charge is 2.25. The molecule has 1 aromatic rings. The van der Waals surface area contributed by atoms with Gasteiger partial charge in [-0.25, -0.2) is 4.79 Å². The number of hydrogen-bond donors (Lipinski definition) is 2. The number of rotatable bonds is 6. The van der Waals surface area contributed by atoms with Crippen LogP contribution >= 0.6 is 0 Å². The number of aliphatic carboxylic acids is 1. The quantitative estimate of drug-likeness (QED) is 0.576. The van der Waals surface area contributed by atoms with Crippen molar-refractivity contribution in [3.8, 4) is 0 Å². The smallest absolute Gasteiger partial charge is 0.326 e. The van der Waals surface area contributed by atoms with Crippen molar-refractivity contribution in [1.82, 2.24) is 5.32 Å². The molecular formula is C11H11N3O7. The third-order valence-electron chi connectivity index (χ3n) is 2.58. The van der Waals surface area contributed by atoms with Crippen LogP contribution in [0.25, 0.3) is 0 Å². The summed E-state index contributed by atoms with van der Waals surface area (Å²) in [6, 6.07) is 1.54. The van der Waals surface area contributed by atoms with E-state index in [0.717, 1.165) is 25.1 Å². The van der Waals surface area contributed by atoms with E-state index in [0.29, 0.717) is 0 Å². The molecule has 0 fully saturated rings. The van der Waals surface area contributed by atoms with Crippen LogP contribution in [0.1, 0.15) is 12.5 Å². The highest BCUT2D eigenvalue weighted by molar-refractivity contribution is 5.82. The molecule has 1 unspecified atom stereocenters. The van der Waals surface area contributed by atoms with E-state index in [2.05, 4.69) is 5.32 Å². The first kappa shape index (κ1) is 16.0. The molecular weight excluding hydrogens is 286 g/mol. The van der Waals surface area contributed by atoms with E-state index >= 15 is 0 Å². The summed E-state index contributed by atoms with van der Waals surface area (Å²) in [4.78, 5) is 41.8. The van der Waals surface area contributed by atoms with Crippen LogP contribution in [-0.4, -0.2) is 32.9 Å². The van der Waals surface area contributed by atoms with Crippen LogP contribution in [0.3, 0.4) is 0 Å². The first-order valence-corrected chi connectivity index (χ1v) is 5.64. The molecule has 1 amide bonds. The van der Waals surface area contributed by atoms with Crippen LogP contribution in [0.2, 0.25) is 0 Å². The minimum absolute atomic E-state index is 0.0215. The van der Waals surface area contributed by atoms with Crippen molar-refractivity contribution in [2.75, 3.05) is 0 Å². The molecule has 0 aromatic heterocycles. The number of carbonyl (C=O) groups is 2. The zero-order valence-electron chi connectivity index (χ0n) is 10.8. The lowest BCUT2D eigenvalue weighted by Gasteiger charge is -2.13. The maximum Gasteiger partial charge on any atom is 0.326 e. The van der Waals surface area contributed by atoms with Crippen LogP contribution in [-0.2, 0) is 16.0 Å². The Morgan fingerprint density at radius 2 is 1.90 bits per heavy atom. The SMILES string of the molecule is CC(=O)NC(Cc1ccc([N+](=O)[O-])cc1[N+](=O)[O-])C(=O)O. The largest absolute Gasteiger partial charge is 0.480 e. The van der Waals surface area contributed by atoms with Gasteiger partial charge in [-0.15, -0.1) is 0 Å². The lowest BCUT2D eigenvalue weighted by atomic mass is 10.0. The van der Waals surface area contributed by atoms with Crippen molar-refractivity contribution < 1.29 is 24.5 Å². The van der Waals surface area contributed by atoms with E-state index < -0.39 is 39.1 Å². The Morgan fingerprint density at radius 3 is 2.33 bits per heavy atom. The van der Waals surface area contributed by atoms with Gasteiger partial charge >= 0.3 is 5.97 Å². The van der Waals surface area contributed by atoms with Crippen LogP contribution in [0.4, 0.5) is 11.4 Å². The number of nitro benzene ring substituents is 2. The predicted octanol–water partition coefficient (Wildman–Crippen LogP) is 0.635. The number of carboxylic acids is 1. The zero-order valence-corrected chi connectivity index (χ0v) is 10.8. The van der Waals surface area contributed by atoms with Gasteiger partial charge in [0, 0.05) is 25.0 Å². The van der Waals surface area contributed by atoms with Gasteiger partial charge in [-0.2, -0.15) is 0 Å². The van der Waals surface area contributed by atoms with E-state index in [1.54, 1.807) is 0 Å². The highest BCUT2D eigenvalue weighted by Crippen LogP contribution is 2.25. The van der Waals surface area contributed by atoms with Gasteiger partial charge in [-0.1, -0.05) is 0 Å². The van der Waals surface area contributed by atoms with Crippen LogP contribution in [0.15, 0.2) is 18.2 Å². The fourth-order valence-electron chi connectivity index (χ4n) is 1.67. The molecule has 0 aliphatic rings. The number of nitro groups is 2. The molecule has 0 radical (unpaired) electrons. The number of nitrogens with one attached hydrogen (secondary N) is 1. The summed E-state index contributed by atoms with van der Waals surface area (Å²) in [5.41, 5.74) is -1.07. The second-order valence-corrected chi connectivity index (χ2v) is 4.12. The number of hydrogen-bond acceptors (Lipinski definition) is 6. The van der Waals surface area contributed by atoms with Gasteiger partial charge in [0.1, 0.15) is 6.04 Å². The van der Waals surface area contributed by atoms with Gasteiger partial charge in [0.2, 0.25) is 5.91 Å². The molecule has 1 rings (SSSR count). The van der Waals surface area contributed by atoms with E-state index in [1.165, 1.54) is 0 Å². The Bertz CT molecular complexity index is 614. The first-order chi connectivity index (χ1) is 9.72. The summed E-state index contributed by atoms with van der Waals surface area (Å²) in [7, 11) is 0. The lowest BCUT2D eigenvalue weighted by molar-refractivity contribution is -0.394. The summed E-state index contributed by atoms with van der Waals surface area (Å²) in [5.74, 6) is -1.97. The Hall–Kier alpha value is -3.04. The lowest BCUT2D eigenvalue weighted by Crippen LogP contribution is -2.41. The fourth-order valence-corrected chi connectivity index (χ4v) is 1.67. The molecule has 0 aliphatic carbocycles. The molecule has 112 valence electrons. The van der Waals surface area contributed by atoms with Gasteiger partial charge in [0.25, 0.3) is 11.4 Å². The van der Waals surface area contributed by atoms with Gasteiger partial charge in [-0.05, 0) is 6.07 Å². The molecule has 1 atom stereocenters. The predicted molar refractivity (Wildman–Crippen MR) is 68.7 cm³/mol. The van der Waals surface area contributed by atoms with Crippen molar-refractivity contribution in [3.05, 3.63) is 44.0 Å². The maximum absolute atomic E-state index is 11.0. The molecule has 0 saturated carbocycles. The van der Waals surface area contributed by atoms with Crippen molar-refractivity contribution >= 4 is 23.3 Å². The van der Waals surface area contributed by atoms with Crippen molar-refractivity contribution in [2.24, 2.45) is 0 Å². The number of non-ortho nitro benzene ring substituents is 1. The fraction of sp³-hybridized carbons (Fsp3) is 0.273. The molecule has 10 heteroatoms. The summed E-state index contributed by atoms with van der Waals surface area (Å²) in [6.07, 6.45) is -0.358. The average Bonchev–Trinajstić information content (AvgIpc) is 2.37. The molecule has 0 aliphatic heterocycles. The van der Waals surface area contributed by atoms with Crippen LogP contribution in [0, 0.1) is 20.2 Å². The highest BCUT2D eigenvalue weighted by atomic mass is 16.6. The first-order valence-electron chi connectivity index (χ1n) is 5.64. The Kier molecular flexibility index (Phi) is 4.89. The molecule has 0 saturated heterocycles. The average molecular weight is 297 g/mol. The molecule has 10 nitrogen and oxygen atoms in total. The van der Waals surface area contributed by atoms with Crippen LogP contribution in [0.5, 0.6) is 0 Å². The van der Waals surface area contributed by atoms with E-state index in [9.17, 15) is 29.8 Å². The number of amides is 1. The molecule has 21 heavy (non-hydrogen) atoms. The Morgan fingerprint density at radius 1 is 1.29 bits per heavy atom. The van der Waals surface area contributed by atoms with Crippen molar-refractivity contribution in [2.45, 2.75) is 19.4 Å². The molecule has 0 spiro atoms. The molecule has 1 aromatic carbocycles. The van der Waals surface area contributed by atoms with Gasteiger partial charge in [0.15, 0.2) is 0 Å². The molecule has 2 N–H and O–H groups in total. The minimum atomic E-state index is -1.36. The third kappa shape index (κ3) is 4.23. The minimum Gasteiger partial charge on any atom is -0.480 e. The van der Waals surface area contributed by atoms with E-state index in [4.69, 9.17) is 5.11 Å². The summed E-state index contributed by atoms with van der Waals surface area (Å²) in [5, 5.41) is 32.6. The zero-order chi connectivity index (χ0) is 16.2. The number of benzene rings is 1. The normalized spacial score (nSPS) is 11.5. The van der Waals surface area contributed by atoms with Crippen LogP contribution < -0.4 is 5.32 Å². The second kappa shape index (κ2) is 6.41. The monoisotopic (exact) mass is 297 g/mol. The Balaban J connectivity index is 3.16. The summed E-state index contributed by atoms with van der Waals surface area (Å²) in [6.45, 7) is 1.11. The van der Waals surface area contributed by atoms with Gasteiger partial charge in [0.05, 0.1) is 15.9 Å². The molecule has 0 bridgehead atoms. The number of carboxylic acid groups (broad SMARTS) is 1. The summed E-state index contributed by atoms with van der Waals surface area (Å²) >= 11 is 0.